The number of hydrogen-bond donors (Lipinski definition) is 0. The summed E-state index contributed by atoms with van der Waals surface area (Å²) < 4.78 is 18.5. The number of fused-ring (bicyclic) bond motifs is 1. The summed E-state index contributed by atoms with van der Waals surface area (Å²) in [5.41, 5.74) is 2.89. The molecule has 0 radical (unpaired) electrons. The fourth-order valence-corrected chi connectivity index (χ4v) is 6.54. The highest BCUT2D eigenvalue weighted by atomic mass is 28.4. The minimum absolute atomic E-state index is 0.0635. The van der Waals surface area contributed by atoms with Gasteiger partial charge in [0.1, 0.15) is 11.9 Å². The quantitative estimate of drug-likeness (QED) is 0.228. The third kappa shape index (κ3) is 6.05. The van der Waals surface area contributed by atoms with E-state index in [1.165, 1.54) is 5.56 Å². The molecule has 208 valence electrons. The number of ether oxygens (including phenoxy) is 2. The Labute approximate surface area is 233 Å². The van der Waals surface area contributed by atoms with Gasteiger partial charge < -0.3 is 18.8 Å². The van der Waals surface area contributed by atoms with Crippen LogP contribution in [0.2, 0.25) is 18.1 Å². The molecule has 0 aliphatic carbocycles. The van der Waals surface area contributed by atoms with Crippen molar-refractivity contribution in [3.63, 3.8) is 0 Å². The number of methoxy groups -OCH3 is 1. The van der Waals surface area contributed by atoms with Crippen LogP contribution in [0, 0.1) is 11.8 Å². The molecule has 2 fully saturated rings. The number of aromatic nitrogens is 1. The van der Waals surface area contributed by atoms with Crippen molar-refractivity contribution in [1.29, 1.82) is 0 Å². The zero-order chi connectivity index (χ0) is 27.8. The van der Waals surface area contributed by atoms with Gasteiger partial charge in [-0.1, -0.05) is 39.0 Å². The maximum atomic E-state index is 13.3. The molecule has 0 spiro atoms. The van der Waals surface area contributed by atoms with Crippen molar-refractivity contribution in [1.82, 2.24) is 9.88 Å². The number of carbonyl (C=O) groups is 1. The summed E-state index contributed by atoms with van der Waals surface area (Å²) >= 11 is 0. The molecule has 2 aliphatic heterocycles. The molecule has 6 nitrogen and oxygen atoms in total. The molecule has 3 aromatic rings. The van der Waals surface area contributed by atoms with Crippen LogP contribution in [0.25, 0.3) is 10.9 Å². The largest absolute Gasteiger partial charge is 0.497 e. The summed E-state index contributed by atoms with van der Waals surface area (Å²) in [6.07, 6.45) is 4.03. The van der Waals surface area contributed by atoms with Crippen LogP contribution < -0.4 is 4.74 Å². The van der Waals surface area contributed by atoms with Crippen LogP contribution in [0.3, 0.4) is 0 Å². The Balaban J connectivity index is 1.31. The van der Waals surface area contributed by atoms with Gasteiger partial charge in [0.15, 0.2) is 8.32 Å². The first-order valence-corrected chi connectivity index (χ1v) is 17.0. The summed E-state index contributed by atoms with van der Waals surface area (Å²) in [5, 5.41) is 1.23. The summed E-state index contributed by atoms with van der Waals surface area (Å²) in [6, 6.07) is 17.7. The van der Waals surface area contributed by atoms with Crippen molar-refractivity contribution in [2.75, 3.05) is 26.8 Å². The van der Waals surface area contributed by atoms with Crippen molar-refractivity contribution >= 4 is 25.1 Å². The molecule has 1 amide bonds. The molecular formula is C32H42N2O4Si. The second-order valence-corrected chi connectivity index (χ2v) is 17.4. The van der Waals surface area contributed by atoms with Crippen LogP contribution in [-0.2, 0) is 9.16 Å². The molecule has 4 atom stereocenters. The molecular weight excluding hydrogens is 504 g/mol. The maximum absolute atomic E-state index is 13.3. The lowest BCUT2D eigenvalue weighted by molar-refractivity contribution is 0.0466. The van der Waals surface area contributed by atoms with Crippen molar-refractivity contribution in [2.45, 2.75) is 64.0 Å². The molecule has 0 saturated carbocycles. The number of piperidine rings is 1. The average Bonchev–Trinajstić information content (AvgIpc) is 3.70. The summed E-state index contributed by atoms with van der Waals surface area (Å²) in [7, 11) is -0.226. The number of rotatable bonds is 8. The van der Waals surface area contributed by atoms with Gasteiger partial charge in [-0.05, 0) is 78.9 Å². The average molecular weight is 547 g/mol. The first-order valence-electron chi connectivity index (χ1n) is 14.1. The van der Waals surface area contributed by atoms with Gasteiger partial charge in [-0.2, -0.15) is 0 Å². The summed E-state index contributed by atoms with van der Waals surface area (Å²) in [6.45, 7) is 13.6. The van der Waals surface area contributed by atoms with Gasteiger partial charge in [-0.15, -0.1) is 0 Å². The van der Waals surface area contributed by atoms with E-state index in [1.54, 1.807) is 7.11 Å². The minimum Gasteiger partial charge on any atom is -0.497 e. The van der Waals surface area contributed by atoms with E-state index in [0.29, 0.717) is 12.5 Å². The molecule has 39 heavy (non-hydrogen) atoms. The normalized spacial score (nSPS) is 23.6. The van der Waals surface area contributed by atoms with Crippen LogP contribution in [-0.4, -0.2) is 57.0 Å². The summed E-state index contributed by atoms with van der Waals surface area (Å²) in [5.74, 6) is 1.66. The molecule has 0 N–H and O–H groups in total. The maximum Gasteiger partial charge on any atom is 0.253 e. The van der Waals surface area contributed by atoms with Gasteiger partial charge in [0.2, 0.25) is 0 Å². The predicted octanol–water partition coefficient (Wildman–Crippen LogP) is 6.87. The molecule has 0 bridgehead atoms. The smallest absolute Gasteiger partial charge is 0.253 e. The van der Waals surface area contributed by atoms with Crippen LogP contribution in [0.15, 0.2) is 60.8 Å². The molecule has 3 heterocycles. The molecule has 2 aliphatic rings. The Morgan fingerprint density at radius 3 is 2.59 bits per heavy atom. The van der Waals surface area contributed by atoms with E-state index in [0.717, 1.165) is 48.1 Å². The van der Waals surface area contributed by atoms with Gasteiger partial charge in [-0.25, -0.2) is 0 Å². The Morgan fingerprint density at radius 1 is 1.10 bits per heavy atom. The van der Waals surface area contributed by atoms with Crippen LogP contribution >= 0.6 is 0 Å². The van der Waals surface area contributed by atoms with E-state index < -0.39 is 8.32 Å². The van der Waals surface area contributed by atoms with E-state index in [2.05, 4.69) is 51.0 Å². The zero-order valence-electron chi connectivity index (χ0n) is 24.1. The number of benzene rings is 2. The van der Waals surface area contributed by atoms with Crippen LogP contribution in [0.1, 0.15) is 55.6 Å². The Hall–Kier alpha value is -2.74. The number of carbonyl (C=O) groups excluding carboxylic acids is 1. The number of pyridine rings is 1. The minimum atomic E-state index is -1.92. The highest BCUT2D eigenvalue weighted by molar-refractivity contribution is 6.74. The van der Waals surface area contributed by atoms with Gasteiger partial charge >= 0.3 is 0 Å². The molecule has 2 aromatic carbocycles. The van der Waals surface area contributed by atoms with E-state index in [1.807, 2.05) is 53.6 Å². The number of likely N-dealkylation sites (tertiary alicyclic amines) is 1. The first kappa shape index (κ1) is 27.8. The Bertz CT molecular complexity index is 1310. The third-order valence-corrected chi connectivity index (χ3v) is 13.6. The van der Waals surface area contributed by atoms with Crippen LogP contribution in [0.5, 0.6) is 5.75 Å². The first-order chi connectivity index (χ1) is 18.6. The lowest BCUT2D eigenvalue weighted by Crippen LogP contribution is -2.48. The van der Waals surface area contributed by atoms with Crippen molar-refractivity contribution in [3.8, 4) is 5.75 Å². The number of nitrogens with zero attached hydrogens (tertiary/aromatic N) is 2. The second-order valence-electron chi connectivity index (χ2n) is 12.6. The molecule has 1 aromatic heterocycles. The standard InChI is InChI=1S/C32H42N2O4Si/c1-32(2,3)39(5,6)37-21-24-20-34(31(35)22-10-8-7-9-11-22)17-15-23(24)18-29-30(38-29)26-14-16-33-28-13-12-25(36-4)19-27(26)28/h7-14,16,19,23-24,29-30H,15,17-18,20-21H2,1-6H3/t23-,24+,29+,30+/m0/s1. The zero-order valence-corrected chi connectivity index (χ0v) is 25.1. The van der Waals surface area contributed by atoms with Gasteiger partial charge in [0.05, 0.1) is 18.7 Å². The topological polar surface area (TPSA) is 64.2 Å². The molecule has 0 unspecified atom stereocenters. The fraction of sp³-hybridized carbons (Fsp3) is 0.500. The van der Waals surface area contributed by atoms with E-state index >= 15 is 0 Å². The van der Waals surface area contributed by atoms with Crippen molar-refractivity contribution < 1.29 is 18.7 Å². The van der Waals surface area contributed by atoms with Gasteiger partial charge in [0, 0.05) is 42.8 Å². The third-order valence-electron chi connectivity index (χ3n) is 9.07. The predicted molar refractivity (Wildman–Crippen MR) is 158 cm³/mol. The highest BCUT2D eigenvalue weighted by Crippen LogP contribution is 2.47. The summed E-state index contributed by atoms with van der Waals surface area (Å²) in [4.78, 5) is 19.9. The van der Waals surface area contributed by atoms with Crippen molar-refractivity contribution in [3.05, 3.63) is 71.9 Å². The van der Waals surface area contributed by atoms with Gasteiger partial charge in [-0.3, -0.25) is 9.78 Å². The Kier molecular flexibility index (Phi) is 7.86. The molecule has 5 rings (SSSR count). The van der Waals surface area contributed by atoms with E-state index in [9.17, 15) is 4.79 Å². The van der Waals surface area contributed by atoms with E-state index in [-0.39, 0.29) is 29.1 Å². The number of epoxide rings is 1. The second kappa shape index (κ2) is 11.0. The van der Waals surface area contributed by atoms with Gasteiger partial charge in [0.25, 0.3) is 5.91 Å². The van der Waals surface area contributed by atoms with Crippen LogP contribution in [0.4, 0.5) is 0 Å². The highest BCUT2D eigenvalue weighted by Gasteiger charge is 2.46. The van der Waals surface area contributed by atoms with E-state index in [4.69, 9.17) is 13.9 Å². The van der Waals surface area contributed by atoms with Crippen molar-refractivity contribution in [2.24, 2.45) is 11.8 Å². The number of hydrogen-bond acceptors (Lipinski definition) is 5. The molecule has 2 saturated heterocycles. The fourth-order valence-electron chi connectivity index (χ4n) is 5.48. The molecule has 7 heteroatoms. The number of amides is 1. The Morgan fingerprint density at radius 2 is 1.87 bits per heavy atom. The SMILES string of the molecule is COc1ccc2nccc([C@H]3O[C@@H]3C[C@@H]3CCN(C(=O)c4ccccc4)C[C@@H]3CO[Si](C)(C)C(C)(C)C)c2c1. The monoisotopic (exact) mass is 546 g/mol. The lowest BCUT2D eigenvalue weighted by atomic mass is 9.81. The lowest BCUT2D eigenvalue weighted by Gasteiger charge is -2.42.